The first kappa shape index (κ1) is 17.0. The van der Waals surface area contributed by atoms with E-state index < -0.39 is 5.66 Å². The molecule has 0 fully saturated rings. The van der Waals surface area contributed by atoms with Crippen LogP contribution in [-0.4, -0.2) is 35.2 Å². The molecule has 0 spiro atoms. The van der Waals surface area contributed by atoms with Crippen molar-refractivity contribution in [3.05, 3.63) is 34.9 Å². The Bertz CT molecular complexity index is 641. The van der Waals surface area contributed by atoms with Crippen molar-refractivity contribution < 1.29 is 9.63 Å². The summed E-state index contributed by atoms with van der Waals surface area (Å²) in [6, 6.07) is 7.18. The molecule has 0 unspecified atom stereocenters. The number of amides is 1. The molecule has 5 N–H and O–H groups in total. The molecule has 1 aliphatic rings. The fraction of sp³-hybridized carbons (Fsp3) is 0.357. The Kier molecular flexibility index (Phi) is 5.07. The van der Waals surface area contributed by atoms with Crippen LogP contribution in [0.25, 0.3) is 0 Å². The number of nitrogens with one attached hydrogen (secondary N) is 1. The van der Waals surface area contributed by atoms with Gasteiger partial charge in [0.25, 0.3) is 0 Å². The zero-order valence-electron chi connectivity index (χ0n) is 12.9. The van der Waals surface area contributed by atoms with Crippen LogP contribution in [0.3, 0.4) is 0 Å². The molecule has 0 bridgehead atoms. The van der Waals surface area contributed by atoms with Crippen LogP contribution in [0.1, 0.15) is 19.4 Å². The molecule has 1 aliphatic heterocycles. The van der Waals surface area contributed by atoms with Gasteiger partial charge < -0.3 is 16.8 Å². The van der Waals surface area contributed by atoms with Crippen molar-refractivity contribution in [1.29, 1.82) is 0 Å². The summed E-state index contributed by atoms with van der Waals surface area (Å²) in [7, 11) is 0. The molecule has 0 aromatic heterocycles. The monoisotopic (exact) mass is 338 g/mol. The minimum absolute atomic E-state index is 0.0491. The molecule has 23 heavy (non-hydrogen) atoms. The van der Waals surface area contributed by atoms with Crippen LogP contribution in [0, 0.1) is 0 Å². The number of hydrogen-bond donors (Lipinski definition) is 3. The number of hydrogen-bond acceptors (Lipinski definition) is 7. The van der Waals surface area contributed by atoms with E-state index in [0.717, 1.165) is 5.56 Å². The Morgan fingerprint density at radius 2 is 2.00 bits per heavy atom. The van der Waals surface area contributed by atoms with Gasteiger partial charge in [-0.3, -0.25) is 9.63 Å². The maximum Gasteiger partial charge on any atom is 0.249 e. The average Bonchev–Trinajstić information content (AvgIpc) is 2.44. The molecular weight excluding hydrogens is 320 g/mol. The van der Waals surface area contributed by atoms with E-state index in [4.69, 9.17) is 27.9 Å². The molecule has 0 saturated carbocycles. The summed E-state index contributed by atoms with van der Waals surface area (Å²) in [6.07, 6.45) is 0. The number of nitrogens with zero attached hydrogens (tertiary/aromatic N) is 3. The van der Waals surface area contributed by atoms with Gasteiger partial charge in [-0.2, -0.15) is 10.1 Å². The SMILES string of the molecule is CC1(C)N=C(N)N=C(N)N1OCC(=O)NCc1ccc(Cl)cc1. The molecule has 9 heteroatoms. The van der Waals surface area contributed by atoms with Gasteiger partial charge in [-0.25, -0.2) is 4.99 Å². The number of carbonyl (C=O) groups is 1. The van der Waals surface area contributed by atoms with E-state index in [9.17, 15) is 4.79 Å². The van der Waals surface area contributed by atoms with Crippen LogP contribution < -0.4 is 16.8 Å². The highest BCUT2D eigenvalue weighted by Gasteiger charge is 2.33. The molecule has 1 aromatic carbocycles. The largest absolute Gasteiger partial charge is 0.368 e. The molecule has 124 valence electrons. The maximum absolute atomic E-state index is 11.9. The fourth-order valence-corrected chi connectivity index (χ4v) is 2.12. The molecule has 8 nitrogen and oxygen atoms in total. The number of halogens is 1. The second-order valence-electron chi connectivity index (χ2n) is 5.41. The lowest BCUT2D eigenvalue weighted by molar-refractivity contribution is -0.168. The van der Waals surface area contributed by atoms with Crippen molar-refractivity contribution in [3.63, 3.8) is 0 Å². The summed E-state index contributed by atoms with van der Waals surface area (Å²) in [5, 5.41) is 4.63. The first-order valence-corrected chi connectivity index (χ1v) is 7.29. The third-order valence-electron chi connectivity index (χ3n) is 3.05. The smallest absolute Gasteiger partial charge is 0.249 e. The third-order valence-corrected chi connectivity index (χ3v) is 3.30. The van der Waals surface area contributed by atoms with Crippen LogP contribution in [0.2, 0.25) is 5.02 Å². The molecule has 2 rings (SSSR count). The predicted molar refractivity (Wildman–Crippen MR) is 88.4 cm³/mol. The number of hydroxylamine groups is 2. The lowest BCUT2D eigenvalue weighted by Crippen LogP contribution is -2.54. The first-order valence-electron chi connectivity index (χ1n) is 6.92. The van der Waals surface area contributed by atoms with Crippen molar-refractivity contribution in [3.8, 4) is 0 Å². The Morgan fingerprint density at radius 1 is 1.35 bits per heavy atom. The minimum Gasteiger partial charge on any atom is -0.368 e. The van der Waals surface area contributed by atoms with Crippen molar-refractivity contribution in [1.82, 2.24) is 10.4 Å². The average molecular weight is 339 g/mol. The van der Waals surface area contributed by atoms with Crippen molar-refractivity contribution in [2.45, 2.75) is 26.1 Å². The van der Waals surface area contributed by atoms with E-state index in [1.807, 2.05) is 12.1 Å². The van der Waals surface area contributed by atoms with E-state index in [0.29, 0.717) is 11.6 Å². The lowest BCUT2D eigenvalue weighted by atomic mass is 10.2. The van der Waals surface area contributed by atoms with Gasteiger partial charge in [-0.15, -0.1) is 0 Å². The molecule has 1 aromatic rings. The van der Waals surface area contributed by atoms with Gasteiger partial charge in [0.05, 0.1) is 0 Å². The number of guanidine groups is 2. The number of nitrogens with two attached hydrogens (primary N) is 2. The van der Waals surface area contributed by atoms with Crippen LogP contribution in [0.4, 0.5) is 0 Å². The standard InChI is InChI=1S/C14H19ClN6O2/c1-14(2)20-12(16)19-13(17)21(14)23-8-11(22)18-7-9-3-5-10(15)6-4-9/h3-6H,7-8H2,1-2H3,(H,18,22)(H4,16,17,19,20). The van der Waals surface area contributed by atoms with Gasteiger partial charge in [0, 0.05) is 11.6 Å². The summed E-state index contributed by atoms with van der Waals surface area (Å²) in [5.41, 5.74) is 11.4. The molecule has 1 amide bonds. The van der Waals surface area contributed by atoms with E-state index in [-0.39, 0.29) is 24.4 Å². The minimum atomic E-state index is -0.841. The Morgan fingerprint density at radius 3 is 2.61 bits per heavy atom. The van der Waals surface area contributed by atoms with Gasteiger partial charge in [0.2, 0.25) is 17.8 Å². The number of benzene rings is 1. The molecule has 0 atom stereocenters. The summed E-state index contributed by atoms with van der Waals surface area (Å²) in [6.45, 7) is 3.64. The summed E-state index contributed by atoms with van der Waals surface area (Å²) in [4.78, 5) is 25.2. The Hall–Kier alpha value is -2.32. The van der Waals surface area contributed by atoms with Crippen LogP contribution >= 0.6 is 11.6 Å². The zero-order chi connectivity index (χ0) is 17.0. The van der Waals surface area contributed by atoms with Crippen LogP contribution in [0.15, 0.2) is 34.3 Å². The summed E-state index contributed by atoms with van der Waals surface area (Å²) in [5.74, 6) is -0.182. The topological polar surface area (TPSA) is 118 Å². The fourth-order valence-electron chi connectivity index (χ4n) is 2.00. The van der Waals surface area contributed by atoms with E-state index >= 15 is 0 Å². The molecular formula is C14H19ClN6O2. The van der Waals surface area contributed by atoms with Gasteiger partial charge in [0.1, 0.15) is 0 Å². The van der Waals surface area contributed by atoms with Gasteiger partial charge >= 0.3 is 0 Å². The Balaban J connectivity index is 1.84. The predicted octanol–water partition coefficient (Wildman–Crippen LogP) is 0.569. The van der Waals surface area contributed by atoms with E-state index in [1.54, 1.807) is 26.0 Å². The summed E-state index contributed by atoms with van der Waals surface area (Å²) >= 11 is 5.81. The molecule has 1 heterocycles. The molecule has 0 radical (unpaired) electrons. The highest BCUT2D eigenvalue weighted by Crippen LogP contribution is 2.19. The van der Waals surface area contributed by atoms with Gasteiger partial charge in [0.15, 0.2) is 12.3 Å². The van der Waals surface area contributed by atoms with Crippen LogP contribution in [-0.2, 0) is 16.2 Å². The van der Waals surface area contributed by atoms with Crippen molar-refractivity contribution in [2.75, 3.05) is 6.61 Å². The second kappa shape index (κ2) is 6.84. The number of rotatable bonds is 5. The second-order valence-corrected chi connectivity index (χ2v) is 5.84. The van der Waals surface area contributed by atoms with Crippen molar-refractivity contribution in [2.24, 2.45) is 21.5 Å². The summed E-state index contributed by atoms with van der Waals surface area (Å²) < 4.78 is 0. The first-order chi connectivity index (χ1) is 10.8. The Labute approximate surface area is 139 Å². The molecule has 0 aliphatic carbocycles. The van der Waals surface area contributed by atoms with E-state index in [1.165, 1.54) is 5.06 Å². The van der Waals surface area contributed by atoms with Crippen molar-refractivity contribution >= 4 is 29.4 Å². The molecule has 0 saturated heterocycles. The highest BCUT2D eigenvalue weighted by molar-refractivity contribution is 6.30. The van der Waals surface area contributed by atoms with Gasteiger partial charge in [-0.1, -0.05) is 23.7 Å². The zero-order valence-corrected chi connectivity index (χ0v) is 13.7. The van der Waals surface area contributed by atoms with Crippen LogP contribution in [0.5, 0.6) is 0 Å². The maximum atomic E-state index is 11.9. The third kappa shape index (κ3) is 4.57. The quantitative estimate of drug-likeness (QED) is 0.725. The lowest BCUT2D eigenvalue weighted by Gasteiger charge is -2.36. The number of aliphatic imine (C=N–C) groups is 2. The normalized spacial score (nSPS) is 16.6. The number of carbonyl (C=O) groups excluding carboxylic acids is 1. The highest BCUT2D eigenvalue weighted by atomic mass is 35.5. The van der Waals surface area contributed by atoms with Gasteiger partial charge in [-0.05, 0) is 31.5 Å². The van der Waals surface area contributed by atoms with E-state index in [2.05, 4.69) is 15.3 Å².